The number of carbonyl (C=O) groups is 1. The highest BCUT2D eigenvalue weighted by molar-refractivity contribution is 5.92. The minimum absolute atomic E-state index is 0.276. The summed E-state index contributed by atoms with van der Waals surface area (Å²) in [6.07, 6.45) is 5.49. The van der Waals surface area contributed by atoms with E-state index in [0.717, 1.165) is 59.3 Å². The molecule has 5 rings (SSSR count). The summed E-state index contributed by atoms with van der Waals surface area (Å²) in [7, 11) is 1.34. The number of ether oxygens (including phenoxy) is 1. The first-order chi connectivity index (χ1) is 15.2. The lowest BCUT2D eigenvalue weighted by molar-refractivity contribution is 0.0594. The van der Waals surface area contributed by atoms with Crippen molar-refractivity contribution in [2.24, 2.45) is 0 Å². The van der Waals surface area contributed by atoms with Crippen LogP contribution in [0.2, 0.25) is 0 Å². The van der Waals surface area contributed by atoms with E-state index in [1.807, 2.05) is 18.3 Å². The Kier molecular flexibility index (Phi) is 4.95. The van der Waals surface area contributed by atoms with Crippen LogP contribution in [0.1, 0.15) is 34.4 Å². The van der Waals surface area contributed by atoms with E-state index in [2.05, 4.69) is 45.1 Å². The fraction of sp³-hybridized carbons (Fsp3) is 0.250. The van der Waals surface area contributed by atoms with E-state index in [1.54, 1.807) is 12.3 Å². The first-order valence-electron chi connectivity index (χ1n) is 10.4. The summed E-state index contributed by atoms with van der Waals surface area (Å²) in [4.78, 5) is 20.5. The topological polar surface area (TPSA) is 81.9 Å². The van der Waals surface area contributed by atoms with Crippen LogP contribution in [0.5, 0.6) is 0 Å². The molecule has 4 heterocycles. The number of pyridine rings is 2. The number of nitrogens with one attached hydrogen (secondary N) is 1. The van der Waals surface area contributed by atoms with E-state index < -0.39 is 5.97 Å². The molecule has 1 aromatic carbocycles. The van der Waals surface area contributed by atoms with Gasteiger partial charge in [0.05, 0.1) is 24.2 Å². The summed E-state index contributed by atoms with van der Waals surface area (Å²) in [5.74, 6) is -0.452. The molecule has 1 N–H and O–H groups in total. The fourth-order valence-electron chi connectivity index (χ4n) is 4.22. The van der Waals surface area contributed by atoms with Crippen molar-refractivity contribution < 1.29 is 9.53 Å². The lowest BCUT2D eigenvalue weighted by atomic mass is 10.0. The normalized spacial score (nSPS) is 13.2. The number of esters is 1. The summed E-state index contributed by atoms with van der Waals surface area (Å²) >= 11 is 0. The van der Waals surface area contributed by atoms with Gasteiger partial charge in [-0.1, -0.05) is 19.1 Å². The second-order valence-corrected chi connectivity index (χ2v) is 7.56. The Hall–Kier alpha value is -3.58. The maximum absolute atomic E-state index is 11.6. The zero-order chi connectivity index (χ0) is 21.4. The van der Waals surface area contributed by atoms with E-state index in [-0.39, 0.29) is 5.69 Å². The molecular weight excluding hydrogens is 390 g/mol. The van der Waals surface area contributed by atoms with Crippen LogP contribution in [0.3, 0.4) is 0 Å². The van der Waals surface area contributed by atoms with Crippen LogP contribution in [0.4, 0.5) is 0 Å². The van der Waals surface area contributed by atoms with E-state index in [4.69, 9.17) is 9.84 Å². The van der Waals surface area contributed by atoms with Gasteiger partial charge in [-0.05, 0) is 54.6 Å². The molecule has 0 spiro atoms. The molecule has 0 unspecified atom stereocenters. The third-order valence-electron chi connectivity index (χ3n) is 5.78. The molecule has 0 aliphatic carbocycles. The van der Waals surface area contributed by atoms with Crippen LogP contribution in [-0.4, -0.2) is 39.4 Å². The number of carbonyl (C=O) groups excluding carboxylic acids is 1. The number of nitrogens with zero attached hydrogens (tertiary/aromatic N) is 4. The average Bonchev–Trinajstić information content (AvgIpc) is 3.21. The molecule has 4 aromatic rings. The Morgan fingerprint density at radius 3 is 2.87 bits per heavy atom. The number of methoxy groups -OCH3 is 1. The Bertz CT molecular complexity index is 1280. The van der Waals surface area contributed by atoms with E-state index >= 15 is 0 Å². The molecule has 0 amide bonds. The molecule has 1 aliphatic heterocycles. The number of rotatable bonds is 4. The molecule has 0 radical (unpaired) electrons. The SMILES string of the molecule is CCc1c2c(nn1-c1cccc3cc(-c4ccc(C(=O)OC)nc4)ncc13)CNCC2. The molecule has 7 nitrogen and oxygen atoms in total. The highest BCUT2D eigenvalue weighted by Gasteiger charge is 2.21. The van der Waals surface area contributed by atoms with Crippen LogP contribution in [0, 0.1) is 0 Å². The molecule has 0 bridgehead atoms. The van der Waals surface area contributed by atoms with Gasteiger partial charge >= 0.3 is 5.97 Å². The molecule has 156 valence electrons. The van der Waals surface area contributed by atoms with Crippen molar-refractivity contribution in [3.05, 3.63) is 71.4 Å². The standard InChI is InChI=1S/C24H23N5O2/c1-3-22-17-9-10-25-14-21(17)28-29(22)23-6-4-5-15-11-20(27-13-18(15)23)16-7-8-19(26-12-16)24(30)31-2/h4-8,11-13,25H,3,9-10,14H2,1-2H3. The molecule has 31 heavy (non-hydrogen) atoms. The number of hydrogen-bond donors (Lipinski definition) is 1. The minimum Gasteiger partial charge on any atom is -0.464 e. The average molecular weight is 413 g/mol. The van der Waals surface area contributed by atoms with Gasteiger partial charge in [-0.15, -0.1) is 0 Å². The zero-order valence-corrected chi connectivity index (χ0v) is 17.6. The van der Waals surface area contributed by atoms with Crippen LogP contribution >= 0.6 is 0 Å². The Morgan fingerprint density at radius 2 is 2.10 bits per heavy atom. The largest absolute Gasteiger partial charge is 0.464 e. The predicted octanol–water partition coefficient (Wildman–Crippen LogP) is 3.48. The van der Waals surface area contributed by atoms with Gasteiger partial charge in [0.15, 0.2) is 0 Å². The Labute approximate surface area is 180 Å². The number of fused-ring (bicyclic) bond motifs is 2. The van der Waals surface area contributed by atoms with Gasteiger partial charge in [0, 0.05) is 35.6 Å². The second-order valence-electron chi connectivity index (χ2n) is 7.56. The van der Waals surface area contributed by atoms with Crippen LogP contribution in [0.15, 0.2) is 48.8 Å². The molecular formula is C24H23N5O2. The molecule has 0 saturated carbocycles. The van der Waals surface area contributed by atoms with Crippen molar-refractivity contribution in [3.8, 4) is 16.9 Å². The Balaban J connectivity index is 1.57. The van der Waals surface area contributed by atoms with Crippen molar-refractivity contribution in [2.75, 3.05) is 13.7 Å². The molecule has 0 fully saturated rings. The monoisotopic (exact) mass is 413 g/mol. The molecule has 3 aromatic heterocycles. The molecule has 7 heteroatoms. The number of hydrogen-bond acceptors (Lipinski definition) is 6. The molecule has 0 saturated heterocycles. The first kappa shape index (κ1) is 19.4. The maximum atomic E-state index is 11.6. The van der Waals surface area contributed by atoms with Crippen molar-refractivity contribution in [1.29, 1.82) is 0 Å². The third-order valence-corrected chi connectivity index (χ3v) is 5.78. The van der Waals surface area contributed by atoms with Gasteiger partial charge < -0.3 is 10.1 Å². The van der Waals surface area contributed by atoms with Crippen molar-refractivity contribution in [2.45, 2.75) is 26.3 Å². The first-order valence-corrected chi connectivity index (χ1v) is 10.4. The summed E-state index contributed by atoms with van der Waals surface area (Å²) in [5, 5.41) is 10.5. The van der Waals surface area contributed by atoms with Crippen molar-refractivity contribution in [3.63, 3.8) is 0 Å². The zero-order valence-electron chi connectivity index (χ0n) is 17.6. The van der Waals surface area contributed by atoms with Crippen LogP contribution in [-0.2, 0) is 24.1 Å². The van der Waals surface area contributed by atoms with Crippen molar-refractivity contribution >= 4 is 16.7 Å². The summed E-state index contributed by atoms with van der Waals surface area (Å²) in [6.45, 7) is 3.99. The van der Waals surface area contributed by atoms with Crippen molar-refractivity contribution in [1.82, 2.24) is 25.1 Å². The highest BCUT2D eigenvalue weighted by Crippen LogP contribution is 2.29. The van der Waals surface area contributed by atoms with Crippen LogP contribution < -0.4 is 5.32 Å². The molecule has 1 aliphatic rings. The van der Waals surface area contributed by atoms with Gasteiger partial charge in [0.1, 0.15) is 5.69 Å². The van der Waals surface area contributed by atoms with E-state index in [9.17, 15) is 4.79 Å². The van der Waals surface area contributed by atoms with Gasteiger partial charge in [-0.2, -0.15) is 5.10 Å². The maximum Gasteiger partial charge on any atom is 0.356 e. The highest BCUT2D eigenvalue weighted by atomic mass is 16.5. The van der Waals surface area contributed by atoms with E-state index in [1.165, 1.54) is 18.4 Å². The second kappa shape index (κ2) is 7.92. The van der Waals surface area contributed by atoms with Gasteiger partial charge in [0.2, 0.25) is 0 Å². The third kappa shape index (κ3) is 3.37. The molecule has 0 atom stereocenters. The number of benzene rings is 1. The summed E-state index contributed by atoms with van der Waals surface area (Å²) in [6, 6.07) is 11.8. The minimum atomic E-state index is -0.452. The number of aromatic nitrogens is 4. The van der Waals surface area contributed by atoms with Crippen LogP contribution in [0.25, 0.3) is 27.7 Å². The summed E-state index contributed by atoms with van der Waals surface area (Å²) < 4.78 is 6.81. The van der Waals surface area contributed by atoms with E-state index in [0.29, 0.717) is 0 Å². The Morgan fingerprint density at radius 1 is 1.19 bits per heavy atom. The lowest BCUT2D eigenvalue weighted by Gasteiger charge is -2.13. The fourth-order valence-corrected chi connectivity index (χ4v) is 4.22. The van der Waals surface area contributed by atoms with Gasteiger partial charge in [0.25, 0.3) is 0 Å². The van der Waals surface area contributed by atoms with Gasteiger partial charge in [-0.25, -0.2) is 14.5 Å². The lowest BCUT2D eigenvalue weighted by Crippen LogP contribution is -2.23. The quantitative estimate of drug-likeness (QED) is 0.516. The smallest absolute Gasteiger partial charge is 0.356 e. The summed E-state index contributed by atoms with van der Waals surface area (Å²) in [5.41, 5.74) is 6.75. The predicted molar refractivity (Wildman–Crippen MR) is 118 cm³/mol. The van der Waals surface area contributed by atoms with Gasteiger partial charge in [-0.3, -0.25) is 4.98 Å².